The van der Waals surface area contributed by atoms with Gasteiger partial charge in [-0.1, -0.05) is 30.3 Å². The molecule has 0 atom stereocenters. The van der Waals surface area contributed by atoms with Gasteiger partial charge in [0.05, 0.1) is 0 Å². The van der Waals surface area contributed by atoms with Gasteiger partial charge >= 0.3 is 0 Å². The van der Waals surface area contributed by atoms with Crippen LogP contribution in [0.15, 0.2) is 30.3 Å². The molecule has 0 radical (unpaired) electrons. The van der Waals surface area contributed by atoms with Gasteiger partial charge in [0.1, 0.15) is 0 Å². The Bertz CT molecular complexity index is 509. The van der Waals surface area contributed by atoms with Crippen LogP contribution in [0, 0.1) is 6.92 Å². The molecule has 0 bridgehead atoms. The molecular formula is C15H16. The van der Waals surface area contributed by atoms with E-state index < -0.39 is 0 Å². The molecule has 0 heterocycles. The maximum Gasteiger partial charge on any atom is -0.0152 e. The summed E-state index contributed by atoms with van der Waals surface area (Å²) in [7, 11) is 0. The molecule has 1 aliphatic carbocycles. The number of rotatable bonds is 0. The zero-order chi connectivity index (χ0) is 10.3. The van der Waals surface area contributed by atoms with E-state index in [9.17, 15) is 0 Å². The molecule has 0 aliphatic heterocycles. The Morgan fingerprint density at radius 1 is 1.00 bits per heavy atom. The third kappa shape index (κ3) is 1.36. The number of benzene rings is 2. The Morgan fingerprint density at radius 3 is 2.73 bits per heavy atom. The molecule has 0 N–H and O–H groups in total. The number of hydrogen-bond acceptors (Lipinski definition) is 0. The second kappa shape index (κ2) is 3.37. The minimum absolute atomic E-state index is 1.28. The molecular weight excluding hydrogens is 180 g/mol. The molecule has 3 rings (SSSR count). The fraction of sp³-hybridized carbons (Fsp3) is 0.333. The van der Waals surface area contributed by atoms with Gasteiger partial charge in [0, 0.05) is 0 Å². The average Bonchev–Trinajstić information content (AvgIpc) is 2.30. The summed E-state index contributed by atoms with van der Waals surface area (Å²) in [6.45, 7) is 2.28. The Hall–Kier alpha value is -1.30. The summed E-state index contributed by atoms with van der Waals surface area (Å²) in [6.07, 6.45) is 5.30. The van der Waals surface area contributed by atoms with Crippen molar-refractivity contribution in [1.82, 2.24) is 0 Å². The first-order valence-electron chi connectivity index (χ1n) is 5.86. The smallest absolute Gasteiger partial charge is 0.0152 e. The molecule has 0 saturated heterocycles. The van der Waals surface area contributed by atoms with Crippen LogP contribution in [0.3, 0.4) is 0 Å². The fourth-order valence-corrected chi connectivity index (χ4v) is 2.83. The van der Waals surface area contributed by atoms with Gasteiger partial charge in [0.25, 0.3) is 0 Å². The summed E-state index contributed by atoms with van der Waals surface area (Å²) in [5.41, 5.74) is 4.74. The van der Waals surface area contributed by atoms with Crippen molar-refractivity contribution in [3.8, 4) is 0 Å². The van der Waals surface area contributed by atoms with Crippen LogP contribution in [-0.2, 0) is 12.8 Å². The molecule has 0 saturated carbocycles. The van der Waals surface area contributed by atoms with E-state index in [4.69, 9.17) is 0 Å². The zero-order valence-corrected chi connectivity index (χ0v) is 9.22. The normalized spacial score (nSPS) is 15.3. The van der Waals surface area contributed by atoms with Crippen LogP contribution in [0.1, 0.15) is 29.5 Å². The molecule has 15 heavy (non-hydrogen) atoms. The summed E-state index contributed by atoms with van der Waals surface area (Å²) in [5.74, 6) is 0. The van der Waals surface area contributed by atoms with Crippen LogP contribution in [0.5, 0.6) is 0 Å². The fourth-order valence-electron chi connectivity index (χ4n) is 2.83. The minimum Gasteiger partial charge on any atom is -0.0616 e. The van der Waals surface area contributed by atoms with Gasteiger partial charge in [0.2, 0.25) is 0 Å². The highest BCUT2D eigenvalue weighted by molar-refractivity contribution is 5.87. The van der Waals surface area contributed by atoms with Crippen LogP contribution in [-0.4, -0.2) is 0 Å². The predicted octanol–water partition coefficient (Wildman–Crippen LogP) is 4.03. The molecule has 0 fully saturated rings. The second-order valence-electron chi connectivity index (χ2n) is 4.57. The molecule has 0 nitrogen and oxygen atoms in total. The van der Waals surface area contributed by atoms with E-state index in [1.807, 2.05) is 0 Å². The molecule has 0 heteroatoms. The van der Waals surface area contributed by atoms with Crippen molar-refractivity contribution in [1.29, 1.82) is 0 Å². The lowest BCUT2D eigenvalue weighted by atomic mass is 9.86. The molecule has 0 aromatic heterocycles. The molecule has 2 aromatic rings. The van der Waals surface area contributed by atoms with Gasteiger partial charge < -0.3 is 0 Å². The van der Waals surface area contributed by atoms with E-state index in [-0.39, 0.29) is 0 Å². The minimum atomic E-state index is 1.28. The Morgan fingerprint density at radius 2 is 1.80 bits per heavy atom. The van der Waals surface area contributed by atoms with Crippen molar-refractivity contribution < 1.29 is 0 Å². The summed E-state index contributed by atoms with van der Waals surface area (Å²) in [6, 6.07) is 11.2. The van der Waals surface area contributed by atoms with E-state index in [1.165, 1.54) is 42.0 Å². The second-order valence-corrected chi connectivity index (χ2v) is 4.57. The quantitative estimate of drug-likeness (QED) is 0.597. The Balaban J connectivity index is 2.36. The first-order chi connectivity index (χ1) is 7.36. The maximum absolute atomic E-state index is 2.40. The number of aryl methyl sites for hydroxylation is 2. The Kier molecular flexibility index (Phi) is 2.02. The zero-order valence-electron chi connectivity index (χ0n) is 9.22. The molecule has 0 amide bonds. The van der Waals surface area contributed by atoms with Gasteiger partial charge in [-0.25, -0.2) is 0 Å². The van der Waals surface area contributed by atoms with E-state index >= 15 is 0 Å². The van der Waals surface area contributed by atoms with Crippen LogP contribution in [0.2, 0.25) is 0 Å². The van der Waals surface area contributed by atoms with Crippen molar-refractivity contribution in [2.24, 2.45) is 0 Å². The van der Waals surface area contributed by atoms with Crippen LogP contribution >= 0.6 is 0 Å². The predicted molar refractivity (Wildman–Crippen MR) is 65.3 cm³/mol. The average molecular weight is 196 g/mol. The maximum atomic E-state index is 2.40. The summed E-state index contributed by atoms with van der Waals surface area (Å²) in [4.78, 5) is 0. The van der Waals surface area contributed by atoms with Gasteiger partial charge in [-0.3, -0.25) is 0 Å². The number of fused-ring (bicyclic) bond motifs is 2. The van der Waals surface area contributed by atoms with Gasteiger partial charge in [-0.05, 0) is 60.1 Å². The van der Waals surface area contributed by atoms with Gasteiger partial charge in [-0.15, -0.1) is 0 Å². The molecule has 0 unspecified atom stereocenters. The lowest BCUT2D eigenvalue weighted by Gasteiger charge is -2.19. The number of hydrogen-bond donors (Lipinski definition) is 0. The largest absolute Gasteiger partial charge is 0.0616 e. The molecule has 2 aromatic carbocycles. The lowest BCUT2D eigenvalue weighted by molar-refractivity contribution is 0.684. The highest BCUT2D eigenvalue weighted by Gasteiger charge is 2.13. The van der Waals surface area contributed by atoms with Gasteiger partial charge in [-0.2, -0.15) is 0 Å². The summed E-state index contributed by atoms with van der Waals surface area (Å²) in [5, 5.41) is 2.86. The van der Waals surface area contributed by atoms with Crippen LogP contribution in [0.4, 0.5) is 0 Å². The molecule has 76 valence electrons. The third-order valence-electron chi connectivity index (χ3n) is 3.66. The SMILES string of the molecule is Cc1c2c(cc3ccccc13)CCCC2. The monoisotopic (exact) mass is 196 g/mol. The first kappa shape index (κ1) is 8.96. The highest BCUT2D eigenvalue weighted by atomic mass is 14.2. The van der Waals surface area contributed by atoms with E-state index in [1.54, 1.807) is 11.1 Å². The van der Waals surface area contributed by atoms with Crippen LogP contribution in [0.25, 0.3) is 10.8 Å². The first-order valence-corrected chi connectivity index (χ1v) is 5.86. The topological polar surface area (TPSA) is 0 Å². The summed E-state index contributed by atoms with van der Waals surface area (Å²) >= 11 is 0. The van der Waals surface area contributed by atoms with Crippen molar-refractivity contribution in [3.63, 3.8) is 0 Å². The summed E-state index contributed by atoms with van der Waals surface area (Å²) < 4.78 is 0. The van der Waals surface area contributed by atoms with Crippen molar-refractivity contribution >= 4 is 10.8 Å². The van der Waals surface area contributed by atoms with Crippen molar-refractivity contribution in [2.45, 2.75) is 32.6 Å². The van der Waals surface area contributed by atoms with E-state index in [0.717, 1.165) is 0 Å². The molecule has 1 aliphatic rings. The van der Waals surface area contributed by atoms with Crippen LogP contribution < -0.4 is 0 Å². The van der Waals surface area contributed by atoms with Crippen molar-refractivity contribution in [3.05, 3.63) is 47.0 Å². The lowest BCUT2D eigenvalue weighted by Crippen LogP contribution is -2.05. The molecule has 0 spiro atoms. The Labute approximate surface area is 90.9 Å². The third-order valence-corrected chi connectivity index (χ3v) is 3.66. The standard InChI is InChI=1S/C15H16/c1-11-14-8-4-2-6-12(14)10-13-7-3-5-9-15(11)13/h2,4,6,8,10H,3,5,7,9H2,1H3. The highest BCUT2D eigenvalue weighted by Crippen LogP contribution is 2.30. The van der Waals surface area contributed by atoms with E-state index in [0.29, 0.717) is 0 Å². The van der Waals surface area contributed by atoms with E-state index in [2.05, 4.69) is 37.3 Å². The van der Waals surface area contributed by atoms with Gasteiger partial charge in [0.15, 0.2) is 0 Å². The van der Waals surface area contributed by atoms with Crippen molar-refractivity contribution in [2.75, 3.05) is 0 Å².